The van der Waals surface area contributed by atoms with Crippen LogP contribution in [-0.2, 0) is 11.3 Å². The standard InChI is InChI=1S/C21H23ClN2O4/c1-15(28-18-5-3-2-4-17(18)22)21(25)24-10-8-23(9-11-24)13-16-6-7-19-20(12-16)27-14-26-19/h2-7,12,15H,8-11,13-14H2,1H3/t15-/m1/s1. The number of rotatable bonds is 5. The van der Waals surface area contributed by atoms with Crippen LogP contribution in [0.2, 0.25) is 5.02 Å². The predicted molar refractivity (Wildman–Crippen MR) is 106 cm³/mol. The van der Waals surface area contributed by atoms with Crippen LogP contribution in [0.15, 0.2) is 42.5 Å². The predicted octanol–water partition coefficient (Wildman–Crippen LogP) is 3.18. The zero-order chi connectivity index (χ0) is 19.5. The van der Waals surface area contributed by atoms with Gasteiger partial charge in [0.1, 0.15) is 5.75 Å². The zero-order valence-electron chi connectivity index (χ0n) is 15.8. The molecule has 1 amide bonds. The van der Waals surface area contributed by atoms with Crippen molar-refractivity contribution in [3.63, 3.8) is 0 Å². The Morgan fingerprint density at radius 3 is 2.64 bits per heavy atom. The van der Waals surface area contributed by atoms with Gasteiger partial charge in [0.15, 0.2) is 17.6 Å². The van der Waals surface area contributed by atoms with Crippen molar-refractivity contribution >= 4 is 17.5 Å². The second kappa shape index (κ2) is 8.29. The molecule has 1 saturated heterocycles. The number of hydrogen-bond acceptors (Lipinski definition) is 5. The highest BCUT2D eigenvalue weighted by atomic mass is 35.5. The third-order valence-corrected chi connectivity index (χ3v) is 5.33. The summed E-state index contributed by atoms with van der Waals surface area (Å²) < 4.78 is 16.6. The fraction of sp³-hybridized carbons (Fsp3) is 0.381. The Morgan fingerprint density at radius 2 is 1.86 bits per heavy atom. The number of piperazine rings is 1. The summed E-state index contributed by atoms with van der Waals surface area (Å²) >= 11 is 6.12. The number of benzene rings is 2. The number of carbonyl (C=O) groups is 1. The van der Waals surface area contributed by atoms with Gasteiger partial charge in [-0.25, -0.2) is 0 Å². The lowest BCUT2D eigenvalue weighted by molar-refractivity contribution is -0.139. The summed E-state index contributed by atoms with van der Waals surface area (Å²) in [5, 5.41) is 0.510. The second-order valence-corrected chi connectivity index (χ2v) is 7.39. The molecule has 2 aliphatic rings. The van der Waals surface area contributed by atoms with Crippen LogP contribution < -0.4 is 14.2 Å². The van der Waals surface area contributed by atoms with Gasteiger partial charge in [-0.05, 0) is 36.8 Å². The van der Waals surface area contributed by atoms with Gasteiger partial charge < -0.3 is 19.1 Å². The van der Waals surface area contributed by atoms with E-state index in [1.807, 2.05) is 29.2 Å². The van der Waals surface area contributed by atoms with Crippen molar-refractivity contribution in [1.82, 2.24) is 9.80 Å². The Balaban J connectivity index is 1.28. The normalized spacial score (nSPS) is 17.4. The minimum Gasteiger partial charge on any atom is -0.479 e. The van der Waals surface area contributed by atoms with Crippen molar-refractivity contribution in [3.8, 4) is 17.2 Å². The van der Waals surface area contributed by atoms with E-state index >= 15 is 0 Å². The van der Waals surface area contributed by atoms with Gasteiger partial charge in [0.25, 0.3) is 5.91 Å². The van der Waals surface area contributed by atoms with Crippen LogP contribution in [0.5, 0.6) is 17.2 Å². The van der Waals surface area contributed by atoms with Crippen LogP contribution in [0.3, 0.4) is 0 Å². The summed E-state index contributed by atoms with van der Waals surface area (Å²) in [7, 11) is 0. The molecule has 0 bridgehead atoms. The number of halogens is 1. The molecule has 0 N–H and O–H groups in total. The molecule has 0 aliphatic carbocycles. The third kappa shape index (κ3) is 4.18. The minimum absolute atomic E-state index is 0.0114. The Labute approximate surface area is 169 Å². The van der Waals surface area contributed by atoms with Gasteiger partial charge in [-0.1, -0.05) is 29.8 Å². The van der Waals surface area contributed by atoms with Gasteiger partial charge in [-0.2, -0.15) is 0 Å². The van der Waals surface area contributed by atoms with Crippen molar-refractivity contribution < 1.29 is 19.0 Å². The maximum Gasteiger partial charge on any atom is 0.263 e. The molecule has 0 aromatic heterocycles. The van der Waals surface area contributed by atoms with Gasteiger partial charge >= 0.3 is 0 Å². The number of carbonyl (C=O) groups excluding carboxylic acids is 1. The van der Waals surface area contributed by atoms with E-state index in [1.165, 1.54) is 5.56 Å². The number of fused-ring (bicyclic) bond motifs is 1. The molecular formula is C21H23ClN2O4. The lowest BCUT2D eigenvalue weighted by Crippen LogP contribution is -2.51. The highest BCUT2D eigenvalue weighted by Gasteiger charge is 2.26. The minimum atomic E-state index is -0.569. The largest absolute Gasteiger partial charge is 0.479 e. The number of amides is 1. The van der Waals surface area contributed by atoms with E-state index in [1.54, 1.807) is 19.1 Å². The van der Waals surface area contributed by atoms with Crippen LogP contribution in [0, 0.1) is 0 Å². The first-order valence-corrected chi connectivity index (χ1v) is 9.79. The van der Waals surface area contributed by atoms with Gasteiger partial charge in [0, 0.05) is 32.7 Å². The number of nitrogens with zero attached hydrogens (tertiary/aromatic N) is 2. The van der Waals surface area contributed by atoms with Crippen molar-refractivity contribution in [3.05, 3.63) is 53.1 Å². The molecule has 2 heterocycles. The molecular weight excluding hydrogens is 380 g/mol. The lowest BCUT2D eigenvalue weighted by Gasteiger charge is -2.36. The summed E-state index contributed by atoms with van der Waals surface area (Å²) in [5.41, 5.74) is 1.18. The average Bonchev–Trinajstić information content (AvgIpc) is 3.17. The molecule has 1 fully saturated rings. The molecule has 4 rings (SSSR count). The van der Waals surface area contributed by atoms with Crippen LogP contribution in [0.1, 0.15) is 12.5 Å². The van der Waals surface area contributed by atoms with Crippen LogP contribution in [0.4, 0.5) is 0 Å². The van der Waals surface area contributed by atoms with E-state index in [2.05, 4.69) is 11.0 Å². The first-order chi connectivity index (χ1) is 13.6. The average molecular weight is 403 g/mol. The number of para-hydroxylation sites is 1. The van der Waals surface area contributed by atoms with E-state index < -0.39 is 6.10 Å². The van der Waals surface area contributed by atoms with Gasteiger partial charge in [-0.3, -0.25) is 9.69 Å². The zero-order valence-corrected chi connectivity index (χ0v) is 16.5. The molecule has 0 saturated carbocycles. The topological polar surface area (TPSA) is 51.2 Å². The molecule has 7 heteroatoms. The Morgan fingerprint density at radius 1 is 1.11 bits per heavy atom. The quantitative estimate of drug-likeness (QED) is 0.768. The summed E-state index contributed by atoms with van der Waals surface area (Å²) in [5.74, 6) is 2.12. The highest BCUT2D eigenvalue weighted by molar-refractivity contribution is 6.32. The van der Waals surface area contributed by atoms with Crippen molar-refractivity contribution in [2.45, 2.75) is 19.6 Å². The van der Waals surface area contributed by atoms with E-state index in [-0.39, 0.29) is 12.7 Å². The number of ether oxygens (including phenoxy) is 3. The van der Waals surface area contributed by atoms with Crippen molar-refractivity contribution in [2.75, 3.05) is 33.0 Å². The molecule has 2 aromatic carbocycles. The molecule has 28 heavy (non-hydrogen) atoms. The summed E-state index contributed by atoms with van der Waals surface area (Å²) in [4.78, 5) is 16.9. The third-order valence-electron chi connectivity index (χ3n) is 5.02. The molecule has 2 aliphatic heterocycles. The first kappa shape index (κ1) is 18.9. The smallest absolute Gasteiger partial charge is 0.263 e. The number of hydrogen-bond donors (Lipinski definition) is 0. The SMILES string of the molecule is C[C@@H](Oc1ccccc1Cl)C(=O)N1CCN(Cc2ccc3c(c2)OCO3)CC1. The van der Waals surface area contributed by atoms with E-state index in [0.717, 1.165) is 31.1 Å². The van der Waals surface area contributed by atoms with E-state index in [0.29, 0.717) is 23.9 Å². The summed E-state index contributed by atoms with van der Waals surface area (Å²) in [6.45, 7) is 5.88. The fourth-order valence-corrected chi connectivity index (χ4v) is 3.64. The fourth-order valence-electron chi connectivity index (χ4n) is 3.46. The lowest BCUT2D eigenvalue weighted by atomic mass is 10.1. The van der Waals surface area contributed by atoms with Crippen LogP contribution >= 0.6 is 11.6 Å². The summed E-state index contributed by atoms with van der Waals surface area (Å²) in [6, 6.07) is 13.2. The van der Waals surface area contributed by atoms with E-state index in [9.17, 15) is 4.79 Å². The second-order valence-electron chi connectivity index (χ2n) is 6.98. The Kier molecular flexibility index (Phi) is 5.59. The highest BCUT2D eigenvalue weighted by Crippen LogP contribution is 2.33. The molecule has 0 radical (unpaired) electrons. The van der Waals surface area contributed by atoms with Crippen molar-refractivity contribution in [1.29, 1.82) is 0 Å². The summed E-state index contributed by atoms with van der Waals surface area (Å²) in [6.07, 6.45) is -0.569. The van der Waals surface area contributed by atoms with Gasteiger partial charge in [0.2, 0.25) is 6.79 Å². The van der Waals surface area contributed by atoms with Gasteiger partial charge in [0.05, 0.1) is 5.02 Å². The maximum absolute atomic E-state index is 12.7. The molecule has 148 valence electrons. The molecule has 1 atom stereocenters. The van der Waals surface area contributed by atoms with Crippen LogP contribution in [0.25, 0.3) is 0 Å². The van der Waals surface area contributed by atoms with Crippen LogP contribution in [-0.4, -0.2) is 54.8 Å². The molecule has 0 unspecified atom stereocenters. The molecule has 6 nitrogen and oxygen atoms in total. The maximum atomic E-state index is 12.7. The Bertz CT molecular complexity index is 852. The Hall–Kier alpha value is -2.44. The molecule has 0 spiro atoms. The first-order valence-electron chi connectivity index (χ1n) is 9.41. The van der Waals surface area contributed by atoms with Crippen molar-refractivity contribution in [2.24, 2.45) is 0 Å². The van der Waals surface area contributed by atoms with Gasteiger partial charge in [-0.15, -0.1) is 0 Å². The van der Waals surface area contributed by atoms with E-state index in [4.69, 9.17) is 25.8 Å². The monoisotopic (exact) mass is 402 g/mol. The molecule has 2 aromatic rings.